The lowest BCUT2D eigenvalue weighted by atomic mass is 10.1. The average Bonchev–Trinajstić information content (AvgIpc) is 3.45. The molecule has 2 saturated carbocycles. The highest BCUT2D eigenvalue weighted by atomic mass is 16.5. The van der Waals surface area contributed by atoms with Crippen molar-refractivity contribution in [1.29, 1.82) is 0 Å². The third kappa shape index (κ3) is 2.25. The molecule has 2 aliphatic heterocycles. The van der Waals surface area contributed by atoms with Crippen LogP contribution in [0.5, 0.6) is 0 Å². The molecule has 1 unspecified atom stereocenters. The van der Waals surface area contributed by atoms with Crippen molar-refractivity contribution < 1.29 is 4.74 Å². The fourth-order valence-electron chi connectivity index (χ4n) is 4.83. The van der Waals surface area contributed by atoms with E-state index in [1.165, 1.54) is 31.8 Å². The number of likely N-dealkylation sites (tertiary alicyclic amines) is 1. The van der Waals surface area contributed by atoms with Gasteiger partial charge in [0.15, 0.2) is 0 Å². The quantitative estimate of drug-likeness (QED) is 0.915. The Morgan fingerprint density at radius 1 is 1.19 bits per heavy atom. The van der Waals surface area contributed by atoms with E-state index < -0.39 is 0 Å². The molecule has 3 atom stereocenters. The molecule has 2 aromatic heterocycles. The SMILES string of the molecule is Cc1cc(-c2cn(C3[C@H]4CN(C5COC5)C[C@@H]34)c(C3CC3)n2)cnc1N. The molecule has 0 spiro atoms. The van der Waals surface area contributed by atoms with E-state index in [4.69, 9.17) is 15.5 Å². The van der Waals surface area contributed by atoms with Crippen molar-refractivity contribution in [2.24, 2.45) is 11.8 Å². The molecule has 0 bridgehead atoms. The molecule has 4 aliphatic rings. The first-order valence-electron chi connectivity index (χ1n) is 9.82. The van der Waals surface area contributed by atoms with E-state index >= 15 is 0 Å². The maximum Gasteiger partial charge on any atom is 0.126 e. The smallest absolute Gasteiger partial charge is 0.126 e. The zero-order valence-electron chi connectivity index (χ0n) is 15.1. The van der Waals surface area contributed by atoms with Gasteiger partial charge in [-0.15, -0.1) is 0 Å². The number of nitrogens with zero attached hydrogens (tertiary/aromatic N) is 4. The molecule has 136 valence electrons. The lowest BCUT2D eigenvalue weighted by Crippen LogP contribution is -2.49. The van der Waals surface area contributed by atoms with Crippen molar-refractivity contribution in [3.8, 4) is 11.3 Å². The van der Waals surface area contributed by atoms with Crippen molar-refractivity contribution >= 4 is 5.82 Å². The molecule has 0 amide bonds. The molecule has 2 aromatic rings. The van der Waals surface area contributed by atoms with Gasteiger partial charge < -0.3 is 15.0 Å². The number of pyridine rings is 1. The fourth-order valence-corrected chi connectivity index (χ4v) is 4.83. The summed E-state index contributed by atoms with van der Waals surface area (Å²) in [6, 6.07) is 3.43. The van der Waals surface area contributed by atoms with E-state index in [1.807, 2.05) is 13.1 Å². The second-order valence-corrected chi connectivity index (χ2v) is 8.56. The minimum atomic E-state index is 0.604. The van der Waals surface area contributed by atoms with E-state index in [0.717, 1.165) is 41.9 Å². The summed E-state index contributed by atoms with van der Waals surface area (Å²) in [5, 5.41) is 0. The van der Waals surface area contributed by atoms with Crippen LogP contribution in [-0.2, 0) is 4.74 Å². The predicted molar refractivity (Wildman–Crippen MR) is 98.8 cm³/mol. The molecule has 26 heavy (non-hydrogen) atoms. The van der Waals surface area contributed by atoms with Gasteiger partial charge in [-0.25, -0.2) is 9.97 Å². The summed E-state index contributed by atoms with van der Waals surface area (Å²) in [6.45, 7) is 6.31. The molecule has 2 aliphatic carbocycles. The van der Waals surface area contributed by atoms with E-state index in [2.05, 4.69) is 26.7 Å². The van der Waals surface area contributed by atoms with Crippen molar-refractivity contribution in [3.63, 3.8) is 0 Å². The molecule has 6 heteroatoms. The van der Waals surface area contributed by atoms with Gasteiger partial charge in [0.25, 0.3) is 0 Å². The Labute approximate surface area is 153 Å². The van der Waals surface area contributed by atoms with Gasteiger partial charge in [0, 0.05) is 43.0 Å². The van der Waals surface area contributed by atoms with Crippen molar-refractivity contribution in [2.75, 3.05) is 32.0 Å². The number of piperidine rings is 1. The number of hydrogen-bond acceptors (Lipinski definition) is 5. The van der Waals surface area contributed by atoms with Crippen molar-refractivity contribution in [1.82, 2.24) is 19.4 Å². The Balaban J connectivity index is 1.28. The van der Waals surface area contributed by atoms with Crippen LogP contribution in [0, 0.1) is 18.8 Å². The fraction of sp³-hybridized carbons (Fsp3) is 0.600. The van der Waals surface area contributed by atoms with Gasteiger partial charge in [-0.3, -0.25) is 4.90 Å². The third-order valence-corrected chi connectivity index (χ3v) is 6.75. The molecule has 2 saturated heterocycles. The first-order valence-corrected chi connectivity index (χ1v) is 9.82. The van der Waals surface area contributed by atoms with E-state index in [9.17, 15) is 0 Å². The van der Waals surface area contributed by atoms with Crippen LogP contribution in [0.15, 0.2) is 18.5 Å². The molecular formula is C20H25N5O. The highest BCUT2D eigenvalue weighted by Gasteiger charge is 2.59. The lowest BCUT2D eigenvalue weighted by Gasteiger charge is -2.36. The number of anilines is 1. The number of hydrogen-bond donors (Lipinski definition) is 1. The number of rotatable bonds is 4. The summed E-state index contributed by atoms with van der Waals surface area (Å²) >= 11 is 0. The first kappa shape index (κ1) is 15.2. The van der Waals surface area contributed by atoms with E-state index in [0.29, 0.717) is 23.8 Å². The number of fused-ring (bicyclic) bond motifs is 1. The van der Waals surface area contributed by atoms with Gasteiger partial charge in [-0.2, -0.15) is 0 Å². The predicted octanol–water partition coefficient (Wildman–Crippen LogP) is 2.21. The molecule has 6 nitrogen and oxygen atoms in total. The Kier molecular flexibility index (Phi) is 3.09. The Morgan fingerprint density at radius 3 is 2.58 bits per heavy atom. The van der Waals surface area contributed by atoms with Crippen LogP contribution in [0.25, 0.3) is 11.3 Å². The number of aromatic nitrogens is 3. The number of nitrogen functional groups attached to an aromatic ring is 1. The summed E-state index contributed by atoms with van der Waals surface area (Å²) < 4.78 is 7.88. The third-order valence-electron chi connectivity index (χ3n) is 6.75. The number of nitrogens with two attached hydrogens (primary N) is 1. The van der Waals surface area contributed by atoms with Crippen molar-refractivity contribution in [3.05, 3.63) is 29.8 Å². The minimum absolute atomic E-state index is 0.604. The van der Waals surface area contributed by atoms with Crippen LogP contribution in [0.4, 0.5) is 5.82 Å². The largest absolute Gasteiger partial charge is 0.383 e. The molecule has 2 N–H and O–H groups in total. The number of ether oxygens (including phenoxy) is 1. The number of aryl methyl sites for hydroxylation is 1. The summed E-state index contributed by atoms with van der Waals surface area (Å²) in [7, 11) is 0. The first-order chi connectivity index (χ1) is 12.7. The van der Waals surface area contributed by atoms with Crippen LogP contribution in [0.3, 0.4) is 0 Å². The van der Waals surface area contributed by atoms with Gasteiger partial charge in [-0.05, 0) is 43.2 Å². The molecule has 0 aromatic carbocycles. The highest BCUT2D eigenvalue weighted by molar-refractivity contribution is 5.61. The summed E-state index contributed by atoms with van der Waals surface area (Å²) in [6.07, 6.45) is 6.70. The van der Waals surface area contributed by atoms with Crippen LogP contribution in [-0.4, -0.2) is 51.8 Å². The van der Waals surface area contributed by atoms with E-state index in [-0.39, 0.29) is 0 Å². The monoisotopic (exact) mass is 351 g/mol. The highest BCUT2D eigenvalue weighted by Crippen LogP contribution is 2.57. The van der Waals surface area contributed by atoms with Crippen molar-refractivity contribution in [2.45, 2.75) is 37.8 Å². The average molecular weight is 351 g/mol. The normalized spacial score (nSPS) is 31.0. The second-order valence-electron chi connectivity index (χ2n) is 8.56. The molecular weight excluding hydrogens is 326 g/mol. The summed E-state index contributed by atoms with van der Waals surface area (Å²) in [5.74, 6) is 4.15. The maximum absolute atomic E-state index is 5.88. The van der Waals surface area contributed by atoms with Gasteiger partial charge in [-0.1, -0.05) is 0 Å². The topological polar surface area (TPSA) is 69.2 Å². The molecule has 6 rings (SSSR count). The second kappa shape index (κ2) is 5.30. The molecule has 0 radical (unpaired) electrons. The van der Waals surface area contributed by atoms with Gasteiger partial charge >= 0.3 is 0 Å². The Bertz CT molecular complexity index is 857. The van der Waals surface area contributed by atoms with Crippen LogP contribution < -0.4 is 5.73 Å². The van der Waals surface area contributed by atoms with Gasteiger partial charge in [0.05, 0.1) is 24.9 Å². The standard InChI is InChI=1S/C20H25N5O/c1-11-4-13(5-22-19(11)21)17-8-25(20(23-17)12-2-3-12)18-15-6-24(7-16(15)18)14-9-26-10-14/h4-5,8,12,14-16,18H,2-3,6-7,9-10H2,1H3,(H2,21,22)/t15-,16+,18?. The van der Waals surface area contributed by atoms with Gasteiger partial charge in [0.1, 0.15) is 11.6 Å². The van der Waals surface area contributed by atoms with Crippen LogP contribution in [0.2, 0.25) is 0 Å². The number of imidazole rings is 1. The van der Waals surface area contributed by atoms with Gasteiger partial charge in [0.2, 0.25) is 0 Å². The maximum atomic E-state index is 5.88. The zero-order chi connectivity index (χ0) is 17.4. The Morgan fingerprint density at radius 2 is 1.96 bits per heavy atom. The van der Waals surface area contributed by atoms with Crippen LogP contribution in [0.1, 0.15) is 36.2 Å². The molecule has 4 heterocycles. The van der Waals surface area contributed by atoms with E-state index in [1.54, 1.807) is 0 Å². The summed E-state index contributed by atoms with van der Waals surface area (Å²) in [5.41, 5.74) is 9.04. The Hall–Kier alpha value is -1.92. The molecule has 4 fully saturated rings. The lowest BCUT2D eigenvalue weighted by molar-refractivity contribution is -0.0616. The van der Waals surface area contributed by atoms with Crippen LogP contribution >= 0.6 is 0 Å². The minimum Gasteiger partial charge on any atom is -0.383 e. The summed E-state index contributed by atoms with van der Waals surface area (Å²) in [4.78, 5) is 12.0. The zero-order valence-corrected chi connectivity index (χ0v) is 15.1.